The summed E-state index contributed by atoms with van der Waals surface area (Å²) in [5.74, 6) is 0.698. The predicted octanol–water partition coefficient (Wildman–Crippen LogP) is 4.23. The van der Waals surface area contributed by atoms with Crippen LogP contribution in [0.3, 0.4) is 0 Å². The fourth-order valence-corrected chi connectivity index (χ4v) is 6.05. The molecule has 2 aromatic carbocycles. The fraction of sp³-hybridized carbons (Fsp3) is 0.350. The zero-order valence-electron chi connectivity index (χ0n) is 16.5. The maximum absolute atomic E-state index is 13.2. The Balaban J connectivity index is 1.73. The number of benzene rings is 2. The van der Waals surface area contributed by atoms with Crippen LogP contribution in [-0.4, -0.2) is 46.8 Å². The number of carbonyl (C=O) groups excluding carboxylic acids is 1. The Morgan fingerprint density at radius 2 is 1.97 bits per heavy atom. The van der Waals surface area contributed by atoms with E-state index in [1.807, 2.05) is 13.0 Å². The van der Waals surface area contributed by atoms with E-state index in [1.165, 1.54) is 6.07 Å². The molecule has 4 rings (SSSR count). The number of anilines is 1. The largest absolute Gasteiger partial charge is 0.339 e. The van der Waals surface area contributed by atoms with Gasteiger partial charge in [-0.15, -0.1) is 11.8 Å². The summed E-state index contributed by atoms with van der Waals surface area (Å²) in [7, 11) is -3.95. The van der Waals surface area contributed by atoms with Crippen LogP contribution >= 0.6 is 23.5 Å². The molecule has 10 heteroatoms. The second-order valence-corrected chi connectivity index (χ2v) is 10.5. The highest BCUT2D eigenvalue weighted by atomic mass is 32.2. The Morgan fingerprint density at radius 1 is 1.17 bits per heavy atom. The molecule has 1 aliphatic heterocycles. The number of nitrogens with zero attached hydrogens (tertiary/aromatic N) is 3. The summed E-state index contributed by atoms with van der Waals surface area (Å²) in [6, 6.07) is 10.2. The Morgan fingerprint density at radius 3 is 2.73 bits per heavy atom. The smallest absolute Gasteiger partial charge is 0.264 e. The van der Waals surface area contributed by atoms with E-state index in [0.717, 1.165) is 41.6 Å². The molecule has 1 aromatic heterocycles. The average Bonchev–Trinajstić information content (AvgIpc) is 3.23. The molecule has 2 heterocycles. The second-order valence-electron chi connectivity index (χ2n) is 6.99. The molecule has 1 fully saturated rings. The van der Waals surface area contributed by atoms with Gasteiger partial charge in [0, 0.05) is 18.0 Å². The summed E-state index contributed by atoms with van der Waals surface area (Å²) in [4.78, 5) is 15.9. The highest BCUT2D eigenvalue weighted by molar-refractivity contribution is 7.99. The summed E-state index contributed by atoms with van der Waals surface area (Å²) < 4.78 is 37.4. The van der Waals surface area contributed by atoms with Gasteiger partial charge in [-0.25, -0.2) is 8.42 Å². The molecule has 1 saturated heterocycles. The zero-order chi connectivity index (χ0) is 21.1. The van der Waals surface area contributed by atoms with Crippen molar-refractivity contribution >= 4 is 56.1 Å². The Labute approximate surface area is 184 Å². The molecule has 0 radical (unpaired) electrons. The minimum atomic E-state index is -3.95. The van der Waals surface area contributed by atoms with E-state index in [1.54, 1.807) is 40.9 Å². The zero-order valence-corrected chi connectivity index (χ0v) is 18.9. The summed E-state index contributed by atoms with van der Waals surface area (Å²) in [6.45, 7) is 3.41. The van der Waals surface area contributed by atoms with E-state index >= 15 is 0 Å². The highest BCUT2D eigenvalue weighted by Gasteiger charge is 2.25. The number of rotatable bonds is 6. The number of fused-ring (bicyclic) bond motifs is 1. The number of piperidine rings is 1. The van der Waals surface area contributed by atoms with Gasteiger partial charge in [0.25, 0.3) is 15.9 Å². The van der Waals surface area contributed by atoms with Crippen LogP contribution in [0.5, 0.6) is 0 Å². The third kappa shape index (κ3) is 4.30. The van der Waals surface area contributed by atoms with Crippen molar-refractivity contribution in [3.05, 3.63) is 42.0 Å². The number of carbonyl (C=O) groups is 1. The minimum Gasteiger partial charge on any atom is -0.339 e. The molecule has 158 valence electrons. The molecule has 30 heavy (non-hydrogen) atoms. The number of sulfonamides is 1. The lowest BCUT2D eigenvalue weighted by Crippen LogP contribution is -2.36. The summed E-state index contributed by atoms with van der Waals surface area (Å²) >= 11 is 2.56. The van der Waals surface area contributed by atoms with Crippen molar-refractivity contribution in [2.24, 2.45) is 0 Å². The third-order valence-corrected chi connectivity index (χ3v) is 7.77. The first-order chi connectivity index (χ1) is 14.5. The number of likely N-dealkylation sites (tertiary alicyclic amines) is 1. The molecule has 0 spiro atoms. The minimum absolute atomic E-state index is 0.0543. The maximum Gasteiger partial charge on any atom is 0.264 e. The SMILES string of the molecule is CCSc1ccc(C(=O)N2CCCCC2)c(NS(=O)(=O)c2cccc3nsnc23)c1. The topological polar surface area (TPSA) is 92.3 Å². The van der Waals surface area contributed by atoms with Crippen LogP contribution in [0.2, 0.25) is 0 Å². The van der Waals surface area contributed by atoms with E-state index in [2.05, 4.69) is 13.5 Å². The first kappa shape index (κ1) is 21.1. The molecular weight excluding hydrogens is 440 g/mol. The van der Waals surface area contributed by atoms with Gasteiger partial charge in [0.1, 0.15) is 15.9 Å². The van der Waals surface area contributed by atoms with E-state index in [9.17, 15) is 13.2 Å². The molecule has 0 atom stereocenters. The van der Waals surface area contributed by atoms with Gasteiger partial charge in [-0.2, -0.15) is 8.75 Å². The Kier molecular flexibility index (Phi) is 6.26. The molecule has 7 nitrogen and oxygen atoms in total. The molecule has 0 bridgehead atoms. The van der Waals surface area contributed by atoms with Gasteiger partial charge in [-0.05, 0) is 55.3 Å². The molecule has 0 saturated carbocycles. The highest BCUT2D eigenvalue weighted by Crippen LogP contribution is 2.30. The number of amides is 1. The molecular formula is C20H22N4O3S3. The fourth-order valence-electron chi connectivity index (χ4n) is 3.52. The standard InChI is InChI=1S/C20H22N4O3S3/c1-2-28-14-9-10-15(20(25)24-11-4-3-5-12-24)17(13-14)23-30(26,27)18-8-6-7-16-19(18)22-29-21-16/h6-10,13,23H,2-5,11-12H2,1H3. The van der Waals surface area contributed by atoms with E-state index in [0.29, 0.717) is 35.4 Å². The summed E-state index contributed by atoms with van der Waals surface area (Å²) in [6.07, 6.45) is 3.05. The van der Waals surface area contributed by atoms with Crippen molar-refractivity contribution in [3.8, 4) is 0 Å². The van der Waals surface area contributed by atoms with Crippen molar-refractivity contribution in [2.75, 3.05) is 23.6 Å². The summed E-state index contributed by atoms with van der Waals surface area (Å²) in [5, 5.41) is 0. The van der Waals surface area contributed by atoms with Gasteiger partial charge in [0.2, 0.25) is 0 Å². The molecule has 1 amide bonds. The number of hydrogen-bond donors (Lipinski definition) is 1. The van der Waals surface area contributed by atoms with Crippen molar-refractivity contribution in [3.63, 3.8) is 0 Å². The van der Waals surface area contributed by atoms with Crippen LogP contribution in [-0.2, 0) is 10.0 Å². The van der Waals surface area contributed by atoms with E-state index in [4.69, 9.17) is 0 Å². The van der Waals surface area contributed by atoms with Crippen LogP contribution in [0.25, 0.3) is 11.0 Å². The lowest BCUT2D eigenvalue weighted by atomic mass is 10.1. The Hall–Kier alpha value is -2.17. The van der Waals surface area contributed by atoms with Gasteiger partial charge in [-0.3, -0.25) is 9.52 Å². The first-order valence-corrected chi connectivity index (χ1v) is 13.0. The Bertz CT molecular complexity index is 1170. The monoisotopic (exact) mass is 462 g/mol. The molecule has 1 aliphatic rings. The number of nitrogens with one attached hydrogen (secondary N) is 1. The van der Waals surface area contributed by atoms with Crippen LogP contribution in [0.4, 0.5) is 5.69 Å². The molecule has 0 aliphatic carbocycles. The van der Waals surface area contributed by atoms with Crippen LogP contribution in [0.1, 0.15) is 36.5 Å². The van der Waals surface area contributed by atoms with Crippen molar-refractivity contribution in [2.45, 2.75) is 36.0 Å². The molecule has 1 N–H and O–H groups in total. The van der Waals surface area contributed by atoms with Crippen molar-refractivity contribution < 1.29 is 13.2 Å². The van der Waals surface area contributed by atoms with E-state index in [-0.39, 0.29) is 10.8 Å². The van der Waals surface area contributed by atoms with Gasteiger partial charge < -0.3 is 4.90 Å². The van der Waals surface area contributed by atoms with Crippen LogP contribution < -0.4 is 4.72 Å². The van der Waals surface area contributed by atoms with Crippen molar-refractivity contribution in [1.29, 1.82) is 0 Å². The lowest BCUT2D eigenvalue weighted by Gasteiger charge is -2.27. The second kappa shape index (κ2) is 8.91. The van der Waals surface area contributed by atoms with Gasteiger partial charge in [0.15, 0.2) is 0 Å². The van der Waals surface area contributed by atoms with Gasteiger partial charge in [-0.1, -0.05) is 13.0 Å². The quantitative estimate of drug-likeness (QED) is 0.551. The summed E-state index contributed by atoms with van der Waals surface area (Å²) in [5.41, 5.74) is 1.52. The van der Waals surface area contributed by atoms with Crippen LogP contribution in [0.15, 0.2) is 46.2 Å². The maximum atomic E-state index is 13.2. The lowest BCUT2D eigenvalue weighted by molar-refractivity contribution is 0.0725. The normalized spacial score (nSPS) is 14.8. The number of hydrogen-bond acceptors (Lipinski definition) is 7. The number of thioether (sulfide) groups is 1. The number of aromatic nitrogens is 2. The van der Waals surface area contributed by atoms with Gasteiger partial charge >= 0.3 is 0 Å². The van der Waals surface area contributed by atoms with Crippen molar-refractivity contribution in [1.82, 2.24) is 13.6 Å². The van der Waals surface area contributed by atoms with Gasteiger partial charge in [0.05, 0.1) is 23.0 Å². The third-order valence-electron chi connectivity index (χ3n) is 4.96. The average molecular weight is 463 g/mol. The molecule has 0 unspecified atom stereocenters. The molecule has 3 aromatic rings. The van der Waals surface area contributed by atoms with Crippen LogP contribution in [0, 0.1) is 0 Å². The first-order valence-electron chi connectivity index (χ1n) is 9.80. The van der Waals surface area contributed by atoms with E-state index < -0.39 is 10.0 Å². The predicted molar refractivity (Wildman–Crippen MR) is 121 cm³/mol.